The molecule has 0 heterocycles. The Labute approximate surface area is 98.4 Å². The normalized spacial score (nSPS) is 9.62. The number of nitrogens with zero attached hydrogens (tertiary/aromatic N) is 1. The van der Waals surface area contributed by atoms with Crippen molar-refractivity contribution in [2.45, 2.75) is 6.42 Å². The molecule has 7 heteroatoms. The van der Waals surface area contributed by atoms with Gasteiger partial charge in [0.05, 0.1) is 11.5 Å². The maximum atomic E-state index is 11.4. The summed E-state index contributed by atoms with van der Waals surface area (Å²) in [5, 5.41) is 10.8. The molecule has 0 aromatic heterocycles. The summed E-state index contributed by atoms with van der Waals surface area (Å²) in [4.78, 5) is 33.9. The van der Waals surface area contributed by atoms with E-state index in [0.29, 0.717) is 6.54 Å². The third-order valence-corrected chi connectivity index (χ3v) is 2.73. The monoisotopic (exact) mass is 248 g/mol. The summed E-state index contributed by atoms with van der Waals surface area (Å²) in [5.74, 6) is -1.20. The first kappa shape index (κ1) is 14.8. The van der Waals surface area contributed by atoms with Crippen LogP contribution in [0.3, 0.4) is 0 Å². The quantitative estimate of drug-likeness (QED) is 0.628. The molecule has 0 fully saturated rings. The molecule has 0 spiro atoms. The number of hydrogen-bond acceptors (Lipinski definition) is 4. The number of thioether (sulfide) groups is 1. The highest BCUT2D eigenvalue weighted by Gasteiger charge is 2.10. The standard InChI is InChI=1S/C9H16N2O4S/c1-10-7(12)3-4-11(2)8(13)5-16-6-9(14)15/h3-6H2,1-2H3,(H,10,12)(H,14,15). The summed E-state index contributed by atoms with van der Waals surface area (Å²) in [6, 6.07) is 0. The molecule has 92 valence electrons. The zero-order valence-corrected chi connectivity index (χ0v) is 10.2. The van der Waals surface area contributed by atoms with Gasteiger partial charge < -0.3 is 15.3 Å². The van der Waals surface area contributed by atoms with E-state index in [2.05, 4.69) is 5.32 Å². The molecule has 0 radical (unpaired) electrons. The number of aliphatic carboxylic acids is 1. The molecule has 0 bridgehead atoms. The summed E-state index contributed by atoms with van der Waals surface area (Å²) in [6.45, 7) is 0.339. The van der Waals surface area contributed by atoms with Gasteiger partial charge in [0.25, 0.3) is 0 Å². The van der Waals surface area contributed by atoms with Gasteiger partial charge in [-0.3, -0.25) is 14.4 Å². The molecule has 0 atom stereocenters. The van der Waals surface area contributed by atoms with E-state index in [0.717, 1.165) is 11.8 Å². The average Bonchev–Trinajstić information content (AvgIpc) is 2.24. The Hall–Kier alpha value is -1.24. The highest BCUT2D eigenvalue weighted by atomic mass is 32.2. The molecule has 16 heavy (non-hydrogen) atoms. The second-order valence-electron chi connectivity index (χ2n) is 3.13. The second kappa shape index (κ2) is 7.98. The van der Waals surface area contributed by atoms with E-state index in [1.165, 1.54) is 11.9 Å². The first-order chi connectivity index (χ1) is 7.47. The Morgan fingerprint density at radius 3 is 2.44 bits per heavy atom. The van der Waals surface area contributed by atoms with E-state index in [-0.39, 0.29) is 29.7 Å². The van der Waals surface area contributed by atoms with Gasteiger partial charge in [0.1, 0.15) is 0 Å². The van der Waals surface area contributed by atoms with E-state index in [1.54, 1.807) is 7.05 Å². The minimum absolute atomic E-state index is 0.0883. The van der Waals surface area contributed by atoms with Gasteiger partial charge in [-0.15, -0.1) is 11.8 Å². The van der Waals surface area contributed by atoms with Crippen LogP contribution in [0.4, 0.5) is 0 Å². The average molecular weight is 248 g/mol. The SMILES string of the molecule is CNC(=O)CCN(C)C(=O)CSCC(=O)O. The fraction of sp³-hybridized carbons (Fsp3) is 0.667. The lowest BCUT2D eigenvalue weighted by Gasteiger charge is -2.15. The number of carboxylic acid groups (broad SMARTS) is 1. The van der Waals surface area contributed by atoms with Gasteiger partial charge in [0.15, 0.2) is 0 Å². The van der Waals surface area contributed by atoms with E-state index < -0.39 is 5.97 Å². The topological polar surface area (TPSA) is 86.7 Å². The molecule has 0 saturated carbocycles. The van der Waals surface area contributed by atoms with Crippen molar-refractivity contribution in [3.05, 3.63) is 0 Å². The highest BCUT2D eigenvalue weighted by molar-refractivity contribution is 8.00. The predicted octanol–water partition coefficient (Wildman–Crippen LogP) is -0.601. The number of carbonyl (C=O) groups excluding carboxylic acids is 2. The fourth-order valence-electron chi connectivity index (χ4n) is 0.855. The van der Waals surface area contributed by atoms with Gasteiger partial charge in [-0.2, -0.15) is 0 Å². The summed E-state index contributed by atoms with van der Waals surface area (Å²) < 4.78 is 0. The molecule has 2 amide bonds. The van der Waals surface area contributed by atoms with Crippen LogP contribution < -0.4 is 5.32 Å². The van der Waals surface area contributed by atoms with Crippen LogP contribution in [-0.2, 0) is 14.4 Å². The van der Waals surface area contributed by atoms with Crippen molar-refractivity contribution < 1.29 is 19.5 Å². The number of amides is 2. The van der Waals surface area contributed by atoms with Crippen molar-refractivity contribution >= 4 is 29.5 Å². The molecule has 0 aliphatic heterocycles. The smallest absolute Gasteiger partial charge is 0.313 e. The molecule has 0 unspecified atom stereocenters. The first-order valence-electron chi connectivity index (χ1n) is 4.71. The van der Waals surface area contributed by atoms with Crippen LogP contribution in [0.25, 0.3) is 0 Å². The van der Waals surface area contributed by atoms with Crippen LogP contribution in [0.1, 0.15) is 6.42 Å². The molecule has 0 saturated heterocycles. The van der Waals surface area contributed by atoms with E-state index in [9.17, 15) is 14.4 Å². The lowest BCUT2D eigenvalue weighted by Crippen LogP contribution is -2.32. The van der Waals surface area contributed by atoms with Crippen molar-refractivity contribution in [1.29, 1.82) is 0 Å². The maximum Gasteiger partial charge on any atom is 0.313 e. The maximum absolute atomic E-state index is 11.4. The second-order valence-corrected chi connectivity index (χ2v) is 4.11. The van der Waals surface area contributed by atoms with Crippen LogP contribution in [-0.4, -0.2) is 59.9 Å². The van der Waals surface area contributed by atoms with Crippen molar-refractivity contribution in [3.63, 3.8) is 0 Å². The zero-order valence-electron chi connectivity index (χ0n) is 9.36. The molecule has 0 aromatic rings. The van der Waals surface area contributed by atoms with Crippen molar-refractivity contribution in [2.75, 3.05) is 32.1 Å². The van der Waals surface area contributed by atoms with Crippen LogP contribution in [0.2, 0.25) is 0 Å². The molecule has 6 nitrogen and oxygen atoms in total. The molecule has 0 aliphatic rings. The fourth-order valence-corrected chi connectivity index (χ4v) is 1.53. The first-order valence-corrected chi connectivity index (χ1v) is 5.87. The summed E-state index contributed by atoms with van der Waals surface area (Å²) in [7, 11) is 3.12. The lowest BCUT2D eigenvalue weighted by molar-refractivity contribution is -0.134. The Morgan fingerprint density at radius 1 is 1.31 bits per heavy atom. The van der Waals surface area contributed by atoms with Gasteiger partial charge in [-0.1, -0.05) is 0 Å². The molecular weight excluding hydrogens is 232 g/mol. The van der Waals surface area contributed by atoms with E-state index in [1.807, 2.05) is 0 Å². The van der Waals surface area contributed by atoms with Crippen LogP contribution in [0.15, 0.2) is 0 Å². The van der Waals surface area contributed by atoms with Crippen LogP contribution in [0.5, 0.6) is 0 Å². The van der Waals surface area contributed by atoms with Crippen molar-refractivity contribution in [2.24, 2.45) is 0 Å². The Bertz CT molecular complexity index is 270. The number of carboxylic acids is 1. The summed E-state index contributed by atoms with van der Waals surface area (Å²) in [5.41, 5.74) is 0. The number of rotatable bonds is 7. The largest absolute Gasteiger partial charge is 0.481 e. The number of carbonyl (C=O) groups is 3. The van der Waals surface area contributed by atoms with Gasteiger partial charge in [0.2, 0.25) is 11.8 Å². The highest BCUT2D eigenvalue weighted by Crippen LogP contribution is 2.01. The number of nitrogens with one attached hydrogen (secondary N) is 1. The zero-order chi connectivity index (χ0) is 12.6. The predicted molar refractivity (Wildman–Crippen MR) is 61.3 cm³/mol. The van der Waals surface area contributed by atoms with Crippen molar-refractivity contribution in [1.82, 2.24) is 10.2 Å². The minimum Gasteiger partial charge on any atom is -0.481 e. The summed E-state index contributed by atoms with van der Waals surface area (Å²) >= 11 is 1.05. The van der Waals surface area contributed by atoms with Crippen LogP contribution >= 0.6 is 11.8 Å². The third-order valence-electron chi connectivity index (χ3n) is 1.83. The van der Waals surface area contributed by atoms with Gasteiger partial charge in [0, 0.05) is 27.1 Å². The number of hydrogen-bond donors (Lipinski definition) is 2. The Kier molecular flexibility index (Phi) is 7.36. The summed E-state index contributed by atoms with van der Waals surface area (Å²) in [6.07, 6.45) is 0.252. The molecule has 2 N–H and O–H groups in total. The molecular formula is C9H16N2O4S. The van der Waals surface area contributed by atoms with Crippen LogP contribution in [0, 0.1) is 0 Å². The Balaban J connectivity index is 3.73. The molecule has 0 rings (SSSR count). The Morgan fingerprint density at radius 2 is 1.94 bits per heavy atom. The minimum atomic E-state index is -0.939. The molecule has 0 aromatic carbocycles. The van der Waals surface area contributed by atoms with E-state index >= 15 is 0 Å². The van der Waals surface area contributed by atoms with E-state index in [4.69, 9.17) is 5.11 Å². The van der Waals surface area contributed by atoms with Crippen molar-refractivity contribution in [3.8, 4) is 0 Å². The third kappa shape index (κ3) is 7.10. The lowest BCUT2D eigenvalue weighted by atomic mass is 10.4. The van der Waals surface area contributed by atoms with Gasteiger partial charge in [-0.25, -0.2) is 0 Å². The molecule has 0 aliphatic carbocycles. The van der Waals surface area contributed by atoms with Gasteiger partial charge >= 0.3 is 5.97 Å². The van der Waals surface area contributed by atoms with Gasteiger partial charge in [-0.05, 0) is 0 Å².